The average Bonchev–Trinajstić information content (AvgIpc) is 3.09. The van der Waals surface area contributed by atoms with Crippen molar-refractivity contribution >= 4 is 11.6 Å². The molecule has 0 spiro atoms. The molecule has 6 heteroatoms. The van der Waals surface area contributed by atoms with E-state index in [1.165, 1.54) is 0 Å². The molecular weight excluding hydrogens is 342 g/mol. The molecule has 2 aliphatic heterocycles. The summed E-state index contributed by atoms with van der Waals surface area (Å²) in [5, 5.41) is 11.1. The molecule has 1 saturated heterocycles. The van der Waals surface area contributed by atoms with Crippen LogP contribution in [0.4, 0.5) is 0 Å². The van der Waals surface area contributed by atoms with Crippen LogP contribution in [0.5, 0.6) is 17.2 Å². The number of piperidine rings is 1. The molecule has 5 nitrogen and oxygen atoms in total. The number of para-hydroxylation sites is 1. The van der Waals surface area contributed by atoms with Gasteiger partial charge in [-0.1, -0.05) is 23.7 Å². The molecule has 2 atom stereocenters. The van der Waals surface area contributed by atoms with E-state index in [1.54, 1.807) is 12.1 Å². The van der Waals surface area contributed by atoms with Crippen molar-refractivity contribution < 1.29 is 19.3 Å². The Hall–Kier alpha value is -1.95. The van der Waals surface area contributed by atoms with Crippen LogP contribution in [0.15, 0.2) is 42.5 Å². The zero-order valence-corrected chi connectivity index (χ0v) is 14.5. The molecule has 25 heavy (non-hydrogen) atoms. The molecule has 4 rings (SSSR count). The van der Waals surface area contributed by atoms with Gasteiger partial charge >= 0.3 is 0 Å². The van der Waals surface area contributed by atoms with Crippen molar-refractivity contribution in [3.8, 4) is 17.2 Å². The summed E-state index contributed by atoms with van der Waals surface area (Å²) in [4.78, 5) is 2.21. The molecule has 2 aromatic carbocycles. The van der Waals surface area contributed by atoms with Gasteiger partial charge in [0.2, 0.25) is 6.79 Å². The number of aliphatic hydroxyl groups is 1. The maximum atomic E-state index is 10.5. The second kappa shape index (κ2) is 7.12. The van der Waals surface area contributed by atoms with Gasteiger partial charge < -0.3 is 19.3 Å². The Morgan fingerprint density at radius 1 is 1.16 bits per heavy atom. The molecule has 0 radical (unpaired) electrons. The van der Waals surface area contributed by atoms with E-state index in [0.29, 0.717) is 11.6 Å². The van der Waals surface area contributed by atoms with Crippen LogP contribution in [0.3, 0.4) is 0 Å². The molecule has 0 saturated carbocycles. The summed E-state index contributed by atoms with van der Waals surface area (Å²) >= 11 is 5.89. The summed E-state index contributed by atoms with van der Waals surface area (Å²) in [5.74, 6) is 2.34. The number of ether oxygens (including phenoxy) is 3. The molecule has 1 N–H and O–H groups in total. The number of halogens is 1. The summed E-state index contributed by atoms with van der Waals surface area (Å²) in [6.07, 6.45) is 0.00718. The van der Waals surface area contributed by atoms with E-state index in [0.717, 1.165) is 42.3 Å². The minimum atomic E-state index is -0.543. The standard InChI is InChI=1S/C19H20ClNO4/c20-14-4-6-15(7-5-14)25-17-8-9-21(11-16(17)22)10-13-2-1-3-18-19(13)24-12-23-18/h1-7,16-17,22H,8-12H2/t16-,17-/m1/s1. The number of likely N-dealkylation sites (tertiary alicyclic amines) is 1. The highest BCUT2D eigenvalue weighted by Gasteiger charge is 2.30. The lowest BCUT2D eigenvalue weighted by Crippen LogP contribution is -2.48. The quantitative estimate of drug-likeness (QED) is 0.907. The molecule has 0 aromatic heterocycles. The molecule has 2 aliphatic rings. The van der Waals surface area contributed by atoms with Crippen LogP contribution >= 0.6 is 11.6 Å². The number of rotatable bonds is 4. The molecule has 1 fully saturated rings. The Morgan fingerprint density at radius 2 is 2.00 bits per heavy atom. The van der Waals surface area contributed by atoms with Crippen molar-refractivity contribution in [1.29, 1.82) is 0 Å². The Labute approximate surface area is 151 Å². The van der Waals surface area contributed by atoms with Gasteiger partial charge in [-0.15, -0.1) is 0 Å². The average molecular weight is 362 g/mol. The first-order valence-electron chi connectivity index (χ1n) is 8.39. The van der Waals surface area contributed by atoms with E-state index in [1.807, 2.05) is 30.3 Å². The van der Waals surface area contributed by atoms with Crippen molar-refractivity contribution in [2.45, 2.75) is 25.2 Å². The summed E-state index contributed by atoms with van der Waals surface area (Å²) < 4.78 is 16.9. The van der Waals surface area contributed by atoms with Crippen molar-refractivity contribution in [2.75, 3.05) is 19.9 Å². The van der Waals surface area contributed by atoms with E-state index >= 15 is 0 Å². The molecule has 132 valence electrons. The van der Waals surface area contributed by atoms with E-state index in [2.05, 4.69) is 4.90 Å². The Kier molecular flexibility index (Phi) is 4.70. The third-order valence-electron chi connectivity index (χ3n) is 4.58. The van der Waals surface area contributed by atoms with E-state index < -0.39 is 6.10 Å². The van der Waals surface area contributed by atoms with Gasteiger partial charge in [0.15, 0.2) is 11.5 Å². The first kappa shape index (κ1) is 16.5. The highest BCUT2D eigenvalue weighted by molar-refractivity contribution is 6.30. The lowest BCUT2D eigenvalue weighted by atomic mass is 10.0. The summed E-state index contributed by atoms with van der Waals surface area (Å²) in [6, 6.07) is 13.1. The van der Waals surface area contributed by atoms with Crippen molar-refractivity contribution in [2.24, 2.45) is 0 Å². The van der Waals surface area contributed by atoms with Crippen LogP contribution < -0.4 is 14.2 Å². The number of fused-ring (bicyclic) bond motifs is 1. The number of nitrogens with zero attached hydrogens (tertiary/aromatic N) is 1. The van der Waals surface area contributed by atoms with Gasteiger partial charge in [-0.2, -0.15) is 0 Å². The van der Waals surface area contributed by atoms with Crippen LogP contribution in [0.2, 0.25) is 5.02 Å². The second-order valence-electron chi connectivity index (χ2n) is 6.35. The van der Waals surface area contributed by atoms with Gasteiger partial charge in [-0.05, 0) is 36.8 Å². The largest absolute Gasteiger partial charge is 0.488 e. The molecule has 0 bridgehead atoms. The van der Waals surface area contributed by atoms with Crippen LogP contribution in [0, 0.1) is 0 Å². The number of hydrogen-bond donors (Lipinski definition) is 1. The Morgan fingerprint density at radius 3 is 2.80 bits per heavy atom. The van der Waals surface area contributed by atoms with E-state index in [9.17, 15) is 5.11 Å². The number of β-amino-alcohol motifs (C(OH)–C–C–N with tert-alkyl or cyclic N) is 1. The zero-order valence-electron chi connectivity index (χ0n) is 13.7. The number of aliphatic hydroxyl groups excluding tert-OH is 1. The Bertz CT molecular complexity index is 737. The molecule has 0 unspecified atom stereocenters. The zero-order chi connectivity index (χ0) is 17.2. The molecule has 0 aliphatic carbocycles. The smallest absolute Gasteiger partial charge is 0.231 e. The van der Waals surface area contributed by atoms with Gasteiger partial charge in [0.05, 0.1) is 0 Å². The highest BCUT2D eigenvalue weighted by Crippen LogP contribution is 2.36. The molecule has 2 heterocycles. The van der Waals surface area contributed by atoms with Crippen molar-refractivity contribution in [3.05, 3.63) is 53.1 Å². The predicted octanol–water partition coefficient (Wildman–Crippen LogP) is 3.08. The van der Waals surface area contributed by atoms with E-state index in [-0.39, 0.29) is 12.9 Å². The van der Waals surface area contributed by atoms with Gasteiger partial charge in [0.25, 0.3) is 0 Å². The van der Waals surface area contributed by atoms with Gasteiger partial charge in [0.1, 0.15) is 18.0 Å². The normalized spacial score (nSPS) is 22.8. The number of benzene rings is 2. The maximum Gasteiger partial charge on any atom is 0.231 e. The number of hydrogen-bond acceptors (Lipinski definition) is 5. The third-order valence-corrected chi connectivity index (χ3v) is 4.83. The first-order chi connectivity index (χ1) is 12.2. The van der Waals surface area contributed by atoms with Crippen LogP contribution in [0.25, 0.3) is 0 Å². The van der Waals surface area contributed by atoms with Gasteiger partial charge in [0, 0.05) is 30.2 Å². The second-order valence-corrected chi connectivity index (χ2v) is 6.79. The topological polar surface area (TPSA) is 51.2 Å². The van der Waals surface area contributed by atoms with Crippen LogP contribution in [-0.2, 0) is 6.54 Å². The third kappa shape index (κ3) is 3.68. The van der Waals surface area contributed by atoms with Gasteiger partial charge in [-0.25, -0.2) is 0 Å². The van der Waals surface area contributed by atoms with Crippen LogP contribution in [-0.4, -0.2) is 42.1 Å². The summed E-state index contributed by atoms with van der Waals surface area (Å²) in [5.41, 5.74) is 1.08. The molecular formula is C19H20ClNO4. The summed E-state index contributed by atoms with van der Waals surface area (Å²) in [7, 11) is 0. The Balaban J connectivity index is 1.37. The SMILES string of the molecule is O[C@@H]1CN(Cc2cccc3c2OCO3)CC[C@H]1Oc1ccc(Cl)cc1. The maximum absolute atomic E-state index is 10.5. The highest BCUT2D eigenvalue weighted by atomic mass is 35.5. The molecule has 2 aromatic rings. The van der Waals surface area contributed by atoms with Crippen molar-refractivity contribution in [3.63, 3.8) is 0 Å². The minimum Gasteiger partial charge on any atom is -0.488 e. The van der Waals surface area contributed by atoms with Crippen LogP contribution in [0.1, 0.15) is 12.0 Å². The van der Waals surface area contributed by atoms with Crippen molar-refractivity contribution in [1.82, 2.24) is 4.90 Å². The predicted molar refractivity (Wildman–Crippen MR) is 94.3 cm³/mol. The molecule has 0 amide bonds. The van der Waals surface area contributed by atoms with E-state index in [4.69, 9.17) is 25.8 Å². The fourth-order valence-electron chi connectivity index (χ4n) is 3.30. The monoisotopic (exact) mass is 361 g/mol. The lowest BCUT2D eigenvalue weighted by molar-refractivity contribution is -0.0276. The fraction of sp³-hybridized carbons (Fsp3) is 0.368. The fourth-order valence-corrected chi connectivity index (χ4v) is 3.43. The van der Waals surface area contributed by atoms with Gasteiger partial charge in [-0.3, -0.25) is 4.90 Å². The minimum absolute atomic E-state index is 0.210. The summed E-state index contributed by atoms with van der Waals surface area (Å²) in [6.45, 7) is 2.39. The first-order valence-corrected chi connectivity index (χ1v) is 8.77. The lowest BCUT2D eigenvalue weighted by Gasteiger charge is -2.36.